The number of aromatic carboxylic acids is 1. The van der Waals surface area contributed by atoms with Gasteiger partial charge in [-0.05, 0) is 65.5 Å². The molecule has 44 heavy (non-hydrogen) atoms. The van der Waals surface area contributed by atoms with Gasteiger partial charge in [0.1, 0.15) is 22.2 Å². The van der Waals surface area contributed by atoms with Crippen molar-refractivity contribution in [2.45, 2.75) is 98.9 Å². The molecule has 2 aromatic heterocycles. The molecule has 0 spiro atoms. The Hall–Kier alpha value is -1.96. The summed E-state index contributed by atoms with van der Waals surface area (Å²) in [6, 6.07) is 0.366. The van der Waals surface area contributed by atoms with Crippen molar-refractivity contribution < 1.29 is 29.0 Å². The molecular formula is C30H50B2N4O6S2. The van der Waals surface area contributed by atoms with Crippen LogP contribution in [0.25, 0.3) is 0 Å². The molecule has 0 fully saturated rings. The molecule has 4 atom stereocenters. The Morgan fingerprint density at radius 2 is 1.43 bits per heavy atom. The Bertz CT molecular complexity index is 1100. The maximum atomic E-state index is 11.0. The second-order valence-electron chi connectivity index (χ2n) is 11.2. The minimum absolute atomic E-state index is 0.00416. The highest BCUT2D eigenvalue weighted by molar-refractivity contribution is 7.10. The Balaban J connectivity index is 0.000000440. The number of rotatable bonds is 21. The van der Waals surface area contributed by atoms with Crippen molar-refractivity contribution in [1.82, 2.24) is 19.6 Å². The zero-order valence-corrected chi connectivity index (χ0v) is 29.4. The lowest BCUT2D eigenvalue weighted by atomic mass is 9.85. The van der Waals surface area contributed by atoms with E-state index in [4.69, 9.17) is 14.6 Å². The molecular weight excluding hydrogens is 598 g/mol. The number of carboxylic acid groups (broad SMARTS) is 1. The zero-order chi connectivity index (χ0) is 33.2. The molecule has 14 heteroatoms. The first-order valence-electron chi connectivity index (χ1n) is 15.3. The molecule has 2 radical (unpaired) electrons. The Morgan fingerprint density at radius 3 is 1.84 bits per heavy atom. The first kappa shape index (κ1) is 40.1. The molecule has 244 valence electrons. The first-order chi connectivity index (χ1) is 20.9. The van der Waals surface area contributed by atoms with Gasteiger partial charge in [-0.15, -0.1) is 22.7 Å². The third-order valence-corrected chi connectivity index (χ3v) is 9.09. The molecule has 0 aliphatic carbocycles. The van der Waals surface area contributed by atoms with Crippen LogP contribution in [0.4, 0.5) is 0 Å². The van der Waals surface area contributed by atoms with Crippen LogP contribution < -0.4 is 0 Å². The van der Waals surface area contributed by atoms with Gasteiger partial charge in [-0.2, -0.15) is 0 Å². The van der Waals surface area contributed by atoms with Crippen molar-refractivity contribution in [3.8, 4) is 0 Å². The van der Waals surface area contributed by atoms with E-state index in [2.05, 4.69) is 54.8 Å². The topological polar surface area (TPSA) is 122 Å². The summed E-state index contributed by atoms with van der Waals surface area (Å²) in [7, 11) is 5.02. The largest absolute Gasteiger partial charge is 0.476 e. The van der Waals surface area contributed by atoms with Gasteiger partial charge in [-0.3, -0.25) is 0 Å². The van der Waals surface area contributed by atoms with E-state index >= 15 is 0 Å². The highest BCUT2D eigenvalue weighted by atomic mass is 32.1. The number of carbonyl (C=O) groups excluding carboxylic acids is 2. The van der Waals surface area contributed by atoms with E-state index in [1.807, 2.05) is 32.6 Å². The summed E-state index contributed by atoms with van der Waals surface area (Å²) in [6.45, 7) is 18.7. The minimum Gasteiger partial charge on any atom is -0.476 e. The van der Waals surface area contributed by atoms with Gasteiger partial charge in [0.25, 0.3) is 14.8 Å². The molecule has 0 aromatic carbocycles. The summed E-state index contributed by atoms with van der Waals surface area (Å²) >= 11 is 2.94. The summed E-state index contributed by atoms with van der Waals surface area (Å²) in [4.78, 5) is 45.4. The summed E-state index contributed by atoms with van der Waals surface area (Å²) < 4.78 is 11.7. The standard InChI is InChI=1S/C16H28BN2O2S.C14H22BN2O4S/c1-6-8-19(17-11-20)14(12(3)4)9-15(21-7-2)16-18-13(5)10-22-16;1-5-21-12(13-16-10(7-22-13)14(19)20)6-11(9(2)3)17(4)15-8-18/h10-12,14-15H,6-9H2,1-5H3;7-9,11-12H,5-6H2,1-4H3,(H,19,20)/t14-,15+;11-,12+/m11/s1. The molecule has 0 saturated carbocycles. The molecule has 1 N–H and O–H groups in total. The SMILES string of the molecule is CCCN([B]C=O)[C@H](C[C@H](OCC)c1nc(C)cs1)C(C)C.CCO[C@@H](C[C@H](C(C)C)N(C)[B]C=O)c1nc(C(=O)O)cs1. The van der Waals surface area contributed by atoms with Gasteiger partial charge < -0.3 is 33.8 Å². The molecule has 2 heterocycles. The maximum Gasteiger partial charge on any atom is 0.355 e. The van der Waals surface area contributed by atoms with Crippen LogP contribution in [0.5, 0.6) is 0 Å². The Labute approximate surface area is 273 Å². The van der Waals surface area contributed by atoms with E-state index in [0.29, 0.717) is 36.5 Å². The predicted molar refractivity (Wildman–Crippen MR) is 181 cm³/mol. The quantitative estimate of drug-likeness (QED) is 0.136. The third-order valence-electron chi connectivity index (χ3n) is 7.09. The maximum absolute atomic E-state index is 11.0. The summed E-state index contributed by atoms with van der Waals surface area (Å²) in [5, 5.41) is 14.3. The fourth-order valence-electron chi connectivity index (χ4n) is 4.97. The monoisotopic (exact) mass is 648 g/mol. The highest BCUT2D eigenvalue weighted by Crippen LogP contribution is 2.31. The normalized spacial score (nSPS) is 14.2. The third kappa shape index (κ3) is 13.6. The van der Waals surface area contributed by atoms with Crippen LogP contribution in [0, 0.1) is 18.8 Å². The Kier molecular flexibility index (Phi) is 19.8. The van der Waals surface area contributed by atoms with E-state index < -0.39 is 5.97 Å². The van der Waals surface area contributed by atoms with E-state index in [-0.39, 0.29) is 30.0 Å². The lowest BCUT2D eigenvalue weighted by Gasteiger charge is -2.35. The number of aryl methyl sites for hydroxylation is 1. The molecule has 2 aromatic rings. The molecule has 0 unspecified atom stereocenters. The van der Waals surface area contributed by atoms with Gasteiger partial charge in [0.15, 0.2) is 5.69 Å². The van der Waals surface area contributed by atoms with E-state index in [0.717, 1.165) is 42.5 Å². The Morgan fingerprint density at radius 1 is 0.909 bits per heavy atom. The molecule has 10 nitrogen and oxygen atoms in total. The molecule has 0 aliphatic rings. The number of hydrogen-bond donors (Lipinski definition) is 1. The van der Waals surface area contributed by atoms with Crippen molar-refractivity contribution in [3.63, 3.8) is 0 Å². The molecule has 0 amide bonds. The molecule has 0 saturated heterocycles. The average Bonchev–Trinajstić information content (AvgIpc) is 3.63. The lowest BCUT2D eigenvalue weighted by molar-refractivity contribution is 0.0340. The smallest absolute Gasteiger partial charge is 0.355 e. The number of thiazole rings is 2. The van der Waals surface area contributed by atoms with E-state index in [1.165, 1.54) is 24.1 Å². The number of hydrogen-bond acceptors (Lipinski definition) is 11. The van der Waals surface area contributed by atoms with Crippen molar-refractivity contribution in [2.24, 2.45) is 11.8 Å². The summed E-state index contributed by atoms with van der Waals surface area (Å²) in [5.41, 5.74) is 1.08. The van der Waals surface area contributed by atoms with Crippen molar-refractivity contribution in [3.05, 3.63) is 32.2 Å². The predicted octanol–water partition coefficient (Wildman–Crippen LogP) is 5.54. The number of carboxylic acids is 1. The fraction of sp³-hybridized carbons (Fsp3) is 0.700. The van der Waals surface area contributed by atoms with Gasteiger partial charge >= 0.3 is 5.97 Å². The van der Waals surface area contributed by atoms with Crippen LogP contribution in [-0.4, -0.2) is 96.8 Å². The van der Waals surface area contributed by atoms with Crippen molar-refractivity contribution in [1.29, 1.82) is 0 Å². The van der Waals surface area contributed by atoms with Crippen molar-refractivity contribution >= 4 is 55.8 Å². The van der Waals surface area contributed by atoms with E-state index in [9.17, 15) is 14.4 Å². The molecule has 0 aliphatic heterocycles. The van der Waals surface area contributed by atoms with Crippen LogP contribution in [0.2, 0.25) is 0 Å². The van der Waals surface area contributed by atoms with Crippen LogP contribution in [0.1, 0.15) is 106 Å². The number of nitrogens with zero attached hydrogens (tertiary/aromatic N) is 4. The van der Waals surface area contributed by atoms with Crippen molar-refractivity contribution in [2.75, 3.05) is 26.8 Å². The van der Waals surface area contributed by atoms with Gasteiger partial charge in [-0.25, -0.2) is 14.8 Å². The van der Waals surface area contributed by atoms with Gasteiger partial charge in [0.2, 0.25) is 0 Å². The second-order valence-corrected chi connectivity index (χ2v) is 12.9. The van der Waals surface area contributed by atoms with Crippen LogP contribution in [-0.2, 0) is 19.1 Å². The molecule has 0 bridgehead atoms. The number of aromatic nitrogens is 2. The lowest BCUT2D eigenvalue weighted by Crippen LogP contribution is -2.43. The minimum atomic E-state index is -1.04. The van der Waals surface area contributed by atoms with Crippen LogP contribution in [0.15, 0.2) is 10.8 Å². The molecule has 2 rings (SSSR count). The average molecular weight is 649 g/mol. The van der Waals surface area contributed by atoms with Gasteiger partial charge in [-0.1, -0.05) is 34.6 Å². The highest BCUT2D eigenvalue weighted by Gasteiger charge is 2.28. The second kappa shape index (κ2) is 21.7. The number of carbonyl (C=O) groups is 3. The summed E-state index contributed by atoms with van der Waals surface area (Å²) in [5.74, 6) is -0.292. The number of ether oxygens (including phenoxy) is 2. The fourth-order valence-corrected chi connectivity index (χ4v) is 6.68. The van der Waals surface area contributed by atoms with Gasteiger partial charge in [0.05, 0.1) is 12.4 Å². The first-order valence-corrected chi connectivity index (χ1v) is 17.1. The summed E-state index contributed by atoms with van der Waals surface area (Å²) in [6.07, 6.45) is 3.87. The van der Waals surface area contributed by atoms with Gasteiger partial charge in [0, 0.05) is 41.8 Å². The zero-order valence-electron chi connectivity index (χ0n) is 27.8. The van der Waals surface area contributed by atoms with Crippen LogP contribution in [0.3, 0.4) is 0 Å². The van der Waals surface area contributed by atoms with E-state index in [1.54, 1.807) is 18.8 Å². The van der Waals surface area contributed by atoms with Crippen LogP contribution >= 0.6 is 22.7 Å².